The van der Waals surface area contributed by atoms with Crippen molar-refractivity contribution in [2.24, 2.45) is 0 Å². The van der Waals surface area contributed by atoms with Gasteiger partial charge in [0.25, 0.3) is 0 Å². The van der Waals surface area contributed by atoms with Crippen molar-refractivity contribution in [3.8, 4) is 11.2 Å². The number of thiazole rings is 1. The highest BCUT2D eigenvalue weighted by molar-refractivity contribution is 7.20. The Bertz CT molecular complexity index is 782. The van der Waals surface area contributed by atoms with Crippen LogP contribution in [0.25, 0.3) is 15.3 Å². The lowest BCUT2D eigenvalue weighted by Crippen LogP contribution is -2.01. The summed E-state index contributed by atoms with van der Waals surface area (Å²) < 4.78 is 15.2. The van der Waals surface area contributed by atoms with Crippen LogP contribution in [0, 0.1) is 17.1 Å². The fourth-order valence-electron chi connectivity index (χ4n) is 1.57. The lowest BCUT2D eigenvalue weighted by molar-refractivity contribution is 0.630. The number of nitriles is 1. The third kappa shape index (κ3) is 1.51. The lowest BCUT2D eigenvalue weighted by atomic mass is 10.3. The molecule has 0 fully saturated rings. The lowest BCUT2D eigenvalue weighted by Gasteiger charge is -1.96. The van der Waals surface area contributed by atoms with Crippen LogP contribution in [0.4, 0.5) is 10.2 Å². The highest BCUT2D eigenvalue weighted by Crippen LogP contribution is 2.27. The summed E-state index contributed by atoms with van der Waals surface area (Å²) in [6, 6.07) is 6.28. The van der Waals surface area contributed by atoms with Crippen LogP contribution < -0.4 is 5.73 Å². The van der Waals surface area contributed by atoms with E-state index in [2.05, 4.69) is 10.1 Å². The molecule has 2 aromatic heterocycles. The van der Waals surface area contributed by atoms with Gasteiger partial charge in [0.05, 0.1) is 16.4 Å². The Hall–Kier alpha value is -2.46. The quantitative estimate of drug-likeness (QED) is 0.725. The molecule has 2 N–H and O–H groups in total. The maximum atomic E-state index is 13.1. The summed E-state index contributed by atoms with van der Waals surface area (Å²) in [5, 5.41) is 13.3. The summed E-state index contributed by atoms with van der Waals surface area (Å²) in [5.74, 6) is -0.0825. The predicted octanol–water partition coefficient (Wildman–Crippen LogP) is 2.07. The summed E-state index contributed by atoms with van der Waals surface area (Å²) >= 11 is 1.26. The van der Waals surface area contributed by atoms with E-state index in [9.17, 15) is 4.39 Å². The zero-order valence-electron chi connectivity index (χ0n) is 8.96. The number of nitrogen functional groups attached to an aromatic ring is 1. The van der Waals surface area contributed by atoms with Gasteiger partial charge in [0, 0.05) is 0 Å². The molecule has 18 heavy (non-hydrogen) atoms. The van der Waals surface area contributed by atoms with E-state index in [0.29, 0.717) is 20.9 Å². The van der Waals surface area contributed by atoms with Gasteiger partial charge in [0.15, 0.2) is 0 Å². The zero-order chi connectivity index (χ0) is 12.7. The van der Waals surface area contributed by atoms with E-state index < -0.39 is 0 Å². The fourth-order valence-corrected chi connectivity index (χ4v) is 2.54. The van der Waals surface area contributed by atoms with E-state index in [1.165, 1.54) is 34.3 Å². The molecule has 3 rings (SSSR count). The van der Waals surface area contributed by atoms with Crippen molar-refractivity contribution < 1.29 is 4.39 Å². The molecule has 2 heterocycles. The second kappa shape index (κ2) is 3.78. The molecule has 0 atom stereocenters. The van der Waals surface area contributed by atoms with Crippen LogP contribution >= 0.6 is 11.3 Å². The molecule has 88 valence electrons. The Morgan fingerprint density at radius 3 is 3.00 bits per heavy atom. The highest BCUT2D eigenvalue weighted by Gasteiger charge is 2.12. The molecule has 7 heteroatoms. The standard InChI is InChI=1S/C11H6FN5S/c12-7-1-2-8-9(3-7)18-11(16-8)17-10(14)6(4-13)5-15-17/h1-3,5H,14H2. The van der Waals surface area contributed by atoms with Crippen molar-refractivity contribution in [3.63, 3.8) is 0 Å². The fraction of sp³-hybridized carbons (Fsp3) is 0. The molecular weight excluding hydrogens is 253 g/mol. The average Bonchev–Trinajstić information content (AvgIpc) is 2.91. The van der Waals surface area contributed by atoms with E-state index in [4.69, 9.17) is 11.0 Å². The van der Waals surface area contributed by atoms with E-state index in [1.807, 2.05) is 6.07 Å². The normalized spacial score (nSPS) is 10.7. The summed E-state index contributed by atoms with van der Waals surface area (Å²) in [5.41, 5.74) is 6.73. The number of nitrogens with two attached hydrogens (primary N) is 1. The Kier molecular flexibility index (Phi) is 2.25. The van der Waals surface area contributed by atoms with Gasteiger partial charge in [0.2, 0.25) is 5.13 Å². The summed E-state index contributed by atoms with van der Waals surface area (Å²) in [6.45, 7) is 0. The van der Waals surface area contributed by atoms with E-state index in [1.54, 1.807) is 6.07 Å². The SMILES string of the molecule is N#Cc1cnn(-c2nc3ccc(F)cc3s2)c1N. The maximum Gasteiger partial charge on any atom is 0.213 e. The van der Waals surface area contributed by atoms with Crippen molar-refractivity contribution >= 4 is 27.4 Å². The highest BCUT2D eigenvalue weighted by atomic mass is 32.1. The Morgan fingerprint density at radius 2 is 2.28 bits per heavy atom. The molecule has 0 unspecified atom stereocenters. The van der Waals surface area contributed by atoms with Crippen molar-refractivity contribution in [2.75, 3.05) is 5.73 Å². The Labute approximate surface area is 105 Å². The number of rotatable bonds is 1. The summed E-state index contributed by atoms with van der Waals surface area (Å²) in [4.78, 5) is 4.30. The molecule has 0 spiro atoms. The number of fused-ring (bicyclic) bond motifs is 1. The number of nitrogens with zero attached hydrogens (tertiary/aromatic N) is 4. The second-order valence-corrected chi connectivity index (χ2v) is 4.58. The molecule has 5 nitrogen and oxygen atoms in total. The van der Waals surface area contributed by atoms with Gasteiger partial charge in [-0.2, -0.15) is 15.0 Å². The number of aromatic nitrogens is 3. The van der Waals surface area contributed by atoms with Crippen LogP contribution in [0.1, 0.15) is 5.56 Å². The topological polar surface area (TPSA) is 80.5 Å². The average molecular weight is 259 g/mol. The molecular formula is C11H6FN5S. The smallest absolute Gasteiger partial charge is 0.213 e. The van der Waals surface area contributed by atoms with Crippen LogP contribution in [-0.4, -0.2) is 14.8 Å². The molecule has 0 aliphatic heterocycles. The van der Waals surface area contributed by atoms with Crippen molar-refractivity contribution in [1.82, 2.24) is 14.8 Å². The van der Waals surface area contributed by atoms with Crippen LogP contribution in [0.15, 0.2) is 24.4 Å². The minimum absolute atomic E-state index is 0.233. The van der Waals surface area contributed by atoms with Gasteiger partial charge in [-0.15, -0.1) is 0 Å². The van der Waals surface area contributed by atoms with Gasteiger partial charge in [-0.05, 0) is 18.2 Å². The minimum atomic E-state index is -0.316. The summed E-state index contributed by atoms with van der Waals surface area (Å²) in [7, 11) is 0. The van der Waals surface area contributed by atoms with Crippen molar-refractivity contribution in [1.29, 1.82) is 5.26 Å². The zero-order valence-corrected chi connectivity index (χ0v) is 9.78. The van der Waals surface area contributed by atoms with Crippen LogP contribution in [-0.2, 0) is 0 Å². The largest absolute Gasteiger partial charge is 0.382 e. The predicted molar refractivity (Wildman–Crippen MR) is 65.8 cm³/mol. The van der Waals surface area contributed by atoms with Gasteiger partial charge in [0.1, 0.15) is 23.3 Å². The van der Waals surface area contributed by atoms with Crippen molar-refractivity contribution in [2.45, 2.75) is 0 Å². The first-order chi connectivity index (χ1) is 8.69. The second-order valence-electron chi connectivity index (χ2n) is 3.58. The first kappa shape index (κ1) is 10.7. The molecule has 3 aromatic rings. The first-order valence-corrected chi connectivity index (χ1v) is 5.81. The molecule has 0 saturated carbocycles. The van der Waals surface area contributed by atoms with Gasteiger partial charge < -0.3 is 5.73 Å². The molecule has 0 bridgehead atoms. The molecule has 0 amide bonds. The van der Waals surface area contributed by atoms with E-state index >= 15 is 0 Å². The van der Waals surface area contributed by atoms with Crippen molar-refractivity contribution in [3.05, 3.63) is 35.8 Å². The van der Waals surface area contributed by atoms with Gasteiger partial charge in [-0.3, -0.25) is 0 Å². The van der Waals surface area contributed by atoms with Gasteiger partial charge >= 0.3 is 0 Å². The van der Waals surface area contributed by atoms with Gasteiger partial charge in [-0.1, -0.05) is 11.3 Å². The number of benzene rings is 1. The number of halogens is 1. The Balaban J connectivity index is 2.20. The molecule has 0 radical (unpaired) electrons. The summed E-state index contributed by atoms with van der Waals surface area (Å²) in [6.07, 6.45) is 1.38. The van der Waals surface area contributed by atoms with E-state index in [0.717, 1.165) is 0 Å². The number of hydrogen-bond donors (Lipinski definition) is 1. The molecule has 1 aromatic carbocycles. The monoisotopic (exact) mass is 259 g/mol. The minimum Gasteiger partial charge on any atom is -0.382 e. The number of hydrogen-bond acceptors (Lipinski definition) is 5. The van der Waals surface area contributed by atoms with Gasteiger partial charge in [-0.25, -0.2) is 9.37 Å². The third-order valence-corrected chi connectivity index (χ3v) is 3.44. The van der Waals surface area contributed by atoms with Crippen LogP contribution in [0.2, 0.25) is 0 Å². The number of anilines is 1. The Morgan fingerprint density at radius 1 is 1.44 bits per heavy atom. The third-order valence-electron chi connectivity index (χ3n) is 2.45. The maximum absolute atomic E-state index is 13.1. The molecule has 0 aliphatic rings. The van der Waals surface area contributed by atoms with Crippen LogP contribution in [0.5, 0.6) is 0 Å². The van der Waals surface area contributed by atoms with Crippen LogP contribution in [0.3, 0.4) is 0 Å². The first-order valence-electron chi connectivity index (χ1n) is 4.99. The molecule has 0 saturated heterocycles. The van der Waals surface area contributed by atoms with E-state index in [-0.39, 0.29) is 11.6 Å². The molecule has 0 aliphatic carbocycles.